The maximum atomic E-state index is 14.1. The molecular formula is C46H65N5O15P2. The normalized spacial score (nSPS) is 18.1. The first-order valence-electron chi connectivity index (χ1n) is 23.1. The van der Waals surface area contributed by atoms with Gasteiger partial charge in [-0.05, 0) is 55.2 Å². The molecule has 1 fully saturated rings. The third-order valence-corrected chi connectivity index (χ3v) is 14.1. The molecule has 1 aliphatic rings. The topological polar surface area (TPSA) is 293 Å². The number of nitrogens with zero attached hydrogens (tertiary/aromatic N) is 3. The van der Waals surface area contributed by atoms with E-state index in [-0.39, 0.29) is 70.9 Å². The second-order valence-corrected chi connectivity index (χ2v) is 19.9. The molecule has 1 amide bonds. The number of hydrogen-bond donors (Lipinski definition) is 5. The van der Waals surface area contributed by atoms with E-state index in [2.05, 4.69) is 23.8 Å². The maximum absolute atomic E-state index is 14.1. The number of phosphoric acid groups is 2. The summed E-state index contributed by atoms with van der Waals surface area (Å²) in [5.74, 6) is -0.815. The summed E-state index contributed by atoms with van der Waals surface area (Å²) in [5, 5.41) is 22.1. The quantitative estimate of drug-likeness (QED) is 0.0142. The van der Waals surface area contributed by atoms with Crippen LogP contribution in [0.4, 0.5) is 5.82 Å². The van der Waals surface area contributed by atoms with Crippen molar-refractivity contribution >= 4 is 50.3 Å². The number of carbonyl (C=O) groups is 3. The minimum atomic E-state index is -5.27. The van der Waals surface area contributed by atoms with Gasteiger partial charge in [0.1, 0.15) is 41.0 Å². The van der Waals surface area contributed by atoms with Gasteiger partial charge in [0.25, 0.3) is 5.91 Å². The number of fused-ring (bicyclic) bond motifs is 1. The molecule has 5 atom stereocenters. The van der Waals surface area contributed by atoms with E-state index >= 15 is 0 Å². The van der Waals surface area contributed by atoms with Gasteiger partial charge in [-0.1, -0.05) is 102 Å². The summed E-state index contributed by atoms with van der Waals surface area (Å²) in [7, 11) is -10.2. The number of carbonyl (C=O) groups excluding carboxylic acids is 3. The minimum Gasteiger partial charge on any atom is -0.427 e. The summed E-state index contributed by atoms with van der Waals surface area (Å²) in [6, 6.07) is 12.3. The molecule has 2 aromatic heterocycles. The number of nitrogens with two attached hydrogens (primary N) is 2. The predicted octanol–water partition coefficient (Wildman–Crippen LogP) is 8.42. The number of unbranched alkanes of at least 4 members (excludes halogenated alkanes) is 10. The van der Waals surface area contributed by atoms with Crippen molar-refractivity contribution < 1.29 is 70.7 Å². The second kappa shape index (κ2) is 26.4. The van der Waals surface area contributed by atoms with E-state index in [1.54, 1.807) is 31.2 Å². The summed E-state index contributed by atoms with van der Waals surface area (Å²) < 4.78 is 66.9. The Morgan fingerprint density at radius 2 is 1.24 bits per heavy atom. The van der Waals surface area contributed by atoms with E-state index < -0.39 is 65.9 Å². The van der Waals surface area contributed by atoms with Crippen LogP contribution in [0.25, 0.3) is 11.0 Å². The highest BCUT2D eigenvalue weighted by atomic mass is 31.3. The molecule has 1 unspecified atom stereocenters. The molecule has 2 aromatic carbocycles. The van der Waals surface area contributed by atoms with Gasteiger partial charge in [-0.3, -0.25) is 28.0 Å². The monoisotopic (exact) mass is 989 g/mol. The molecule has 4 aromatic rings. The Labute approximate surface area is 396 Å². The van der Waals surface area contributed by atoms with Gasteiger partial charge in [-0.2, -0.15) is 4.31 Å². The van der Waals surface area contributed by atoms with Crippen LogP contribution in [0, 0.1) is 6.92 Å². The number of nitrogen functional groups attached to an aromatic ring is 1. The number of amides is 1. The number of phosphoric ester groups is 2. The first-order chi connectivity index (χ1) is 32.5. The number of esters is 2. The largest absolute Gasteiger partial charge is 0.484 e. The SMILES string of the molecule is CCCCCCCCC(=O)Oc1ccc(COP(=O)(OCc2ccc(OC(=O)CCCCCCCC)cc2)OP(=O)(O)OCC[C@H]2O[C@@H](n3cc(C(N)=O)c4c(N)nc(C)nc43)[C@H](O)[C@@H]2O)cc1. The van der Waals surface area contributed by atoms with Crippen molar-refractivity contribution in [3.63, 3.8) is 0 Å². The van der Waals surface area contributed by atoms with Crippen LogP contribution < -0.4 is 20.9 Å². The third kappa shape index (κ3) is 16.5. The summed E-state index contributed by atoms with van der Waals surface area (Å²) in [6.45, 7) is 4.33. The van der Waals surface area contributed by atoms with Crippen molar-refractivity contribution in [3.05, 3.63) is 77.2 Å². The molecule has 0 bridgehead atoms. The standard InChI is InChI=1S/C46H65N5O15P2/c1-4-6-8-10-12-14-16-38(52)63-34-22-18-32(19-23-34)29-61-68(59,62-30-33-20-24-35(25-21-33)64-39(53)17-15-13-11-9-7-5-2)66-67(57,58)60-27-26-37-41(54)42(55)46(65-37)51-28-36(44(48)56)40-43(47)49-31(3)50-45(40)51/h18-25,28,37,41-42,46,54-55H,4-17,26-27,29-30H2,1-3H3,(H2,48,56)(H,57,58)(H2,47,49,50)/t37-,41-,42-,46-/m1/s1. The fourth-order valence-electron chi connectivity index (χ4n) is 7.46. The Kier molecular flexibility index (Phi) is 21.1. The van der Waals surface area contributed by atoms with Gasteiger partial charge in [-0.25, -0.2) is 19.1 Å². The van der Waals surface area contributed by atoms with Gasteiger partial charge in [0.15, 0.2) is 6.23 Å². The van der Waals surface area contributed by atoms with Crippen LogP contribution >= 0.6 is 15.6 Å². The van der Waals surface area contributed by atoms with Crippen molar-refractivity contribution in [3.8, 4) is 11.5 Å². The highest BCUT2D eigenvalue weighted by molar-refractivity contribution is 7.61. The number of aromatic nitrogens is 3. The predicted molar refractivity (Wildman–Crippen MR) is 250 cm³/mol. The van der Waals surface area contributed by atoms with Gasteiger partial charge >= 0.3 is 27.6 Å². The molecule has 0 saturated carbocycles. The Morgan fingerprint density at radius 3 is 1.74 bits per heavy atom. The van der Waals surface area contributed by atoms with Crippen LogP contribution in [-0.4, -0.2) is 72.4 Å². The third-order valence-electron chi connectivity index (χ3n) is 11.1. The van der Waals surface area contributed by atoms with Crippen LogP contribution in [-0.2, 0) is 54.6 Å². The van der Waals surface area contributed by atoms with Crippen molar-refractivity contribution in [2.75, 3.05) is 12.3 Å². The Hall–Kier alpha value is -4.59. The number of ether oxygens (including phenoxy) is 3. The zero-order chi connectivity index (χ0) is 49.3. The number of hydrogen-bond acceptors (Lipinski definition) is 17. The second-order valence-electron chi connectivity index (χ2n) is 16.7. The Bertz CT molecular complexity index is 2280. The lowest BCUT2D eigenvalue weighted by molar-refractivity contribution is -0.135. The van der Waals surface area contributed by atoms with E-state index in [1.807, 2.05) is 0 Å². The molecule has 374 valence electrons. The molecule has 68 heavy (non-hydrogen) atoms. The van der Waals surface area contributed by atoms with Crippen LogP contribution in [0.5, 0.6) is 11.5 Å². The van der Waals surface area contributed by atoms with Crippen molar-refractivity contribution in [2.24, 2.45) is 5.73 Å². The highest BCUT2D eigenvalue weighted by Gasteiger charge is 2.45. The Balaban J connectivity index is 1.20. The average molecular weight is 990 g/mol. The fourth-order valence-corrected chi connectivity index (χ4v) is 10.1. The average Bonchev–Trinajstić information content (AvgIpc) is 3.81. The molecule has 0 spiro atoms. The molecule has 5 rings (SSSR count). The fraction of sp³-hybridized carbons (Fsp3) is 0.543. The zero-order valence-electron chi connectivity index (χ0n) is 38.9. The molecular weight excluding hydrogens is 924 g/mol. The first-order valence-corrected chi connectivity index (χ1v) is 26.1. The van der Waals surface area contributed by atoms with Crippen LogP contribution in [0.3, 0.4) is 0 Å². The van der Waals surface area contributed by atoms with Crippen molar-refractivity contribution in [1.29, 1.82) is 0 Å². The van der Waals surface area contributed by atoms with E-state index in [0.29, 0.717) is 11.1 Å². The van der Waals surface area contributed by atoms with Crippen LogP contribution in [0.1, 0.15) is 144 Å². The molecule has 0 aliphatic carbocycles. The van der Waals surface area contributed by atoms with Gasteiger partial charge in [0, 0.05) is 25.5 Å². The number of rotatable bonds is 30. The van der Waals surface area contributed by atoms with Crippen molar-refractivity contribution in [1.82, 2.24) is 14.5 Å². The number of aliphatic hydroxyl groups excluding tert-OH is 2. The number of aliphatic hydroxyl groups is 2. The summed E-state index contributed by atoms with van der Waals surface area (Å²) in [5.41, 5.74) is 12.5. The van der Waals surface area contributed by atoms with Crippen LogP contribution in [0.15, 0.2) is 54.7 Å². The first kappa shape index (κ1) is 54.4. The lowest BCUT2D eigenvalue weighted by Gasteiger charge is -2.21. The highest BCUT2D eigenvalue weighted by Crippen LogP contribution is 2.64. The van der Waals surface area contributed by atoms with Gasteiger partial charge in [-0.15, -0.1) is 0 Å². The summed E-state index contributed by atoms with van der Waals surface area (Å²) in [6.07, 6.45) is 8.17. The Morgan fingerprint density at radius 1 is 0.735 bits per heavy atom. The molecule has 20 nitrogen and oxygen atoms in total. The van der Waals surface area contributed by atoms with Gasteiger partial charge < -0.3 is 45.4 Å². The minimum absolute atomic E-state index is 0.0360. The van der Waals surface area contributed by atoms with Crippen molar-refractivity contribution in [2.45, 2.75) is 155 Å². The van der Waals surface area contributed by atoms with Gasteiger partial charge in [0.2, 0.25) is 0 Å². The molecule has 1 aliphatic heterocycles. The molecule has 0 radical (unpaired) electrons. The summed E-state index contributed by atoms with van der Waals surface area (Å²) in [4.78, 5) is 56.2. The van der Waals surface area contributed by atoms with E-state index in [9.17, 15) is 38.6 Å². The maximum Gasteiger partial charge on any atom is 0.484 e. The molecule has 22 heteroatoms. The number of anilines is 1. The summed E-state index contributed by atoms with van der Waals surface area (Å²) >= 11 is 0. The van der Waals surface area contributed by atoms with Crippen LogP contribution in [0.2, 0.25) is 0 Å². The molecule has 3 heterocycles. The van der Waals surface area contributed by atoms with E-state index in [1.165, 1.54) is 35.0 Å². The zero-order valence-corrected chi connectivity index (χ0v) is 40.7. The smallest absolute Gasteiger partial charge is 0.427 e. The number of aryl methyl sites for hydroxylation is 1. The van der Waals surface area contributed by atoms with E-state index in [4.69, 9.17) is 43.6 Å². The molecule has 7 N–H and O–H groups in total. The lowest BCUT2D eigenvalue weighted by Crippen LogP contribution is -2.32. The van der Waals surface area contributed by atoms with E-state index in [0.717, 1.165) is 77.0 Å². The molecule has 1 saturated heterocycles. The lowest BCUT2D eigenvalue weighted by atomic mass is 10.1. The van der Waals surface area contributed by atoms with Gasteiger partial charge in [0.05, 0.1) is 36.9 Å². The number of primary amides is 1. The number of benzene rings is 2.